The molecule has 0 spiro atoms. The van der Waals surface area contributed by atoms with Crippen LogP contribution in [-0.2, 0) is 6.54 Å². The van der Waals surface area contributed by atoms with Crippen LogP contribution in [0.5, 0.6) is 0 Å². The van der Waals surface area contributed by atoms with Crippen molar-refractivity contribution >= 4 is 11.5 Å². The van der Waals surface area contributed by atoms with Gasteiger partial charge in [0.05, 0.1) is 0 Å². The van der Waals surface area contributed by atoms with Gasteiger partial charge in [-0.2, -0.15) is 0 Å². The lowest BCUT2D eigenvalue weighted by Crippen LogP contribution is -2.17. The van der Waals surface area contributed by atoms with Crippen molar-refractivity contribution < 1.29 is 0 Å². The summed E-state index contributed by atoms with van der Waals surface area (Å²) in [6.45, 7) is 0.803. The van der Waals surface area contributed by atoms with E-state index in [0.29, 0.717) is 0 Å². The van der Waals surface area contributed by atoms with Crippen molar-refractivity contribution in [2.24, 2.45) is 0 Å². The molecule has 0 atom stereocenters. The average molecular weight is 214 g/mol. The molecule has 0 fully saturated rings. The molecular weight excluding hydrogens is 200 g/mol. The average Bonchev–Trinajstić information content (AvgIpc) is 2.33. The molecule has 0 saturated carbocycles. The number of aromatic nitrogens is 2. The number of anilines is 2. The minimum absolute atomic E-state index is 0.786. The number of rotatable bonds is 3. The van der Waals surface area contributed by atoms with Gasteiger partial charge in [0.1, 0.15) is 12.1 Å². The Morgan fingerprint density at radius 1 is 1.19 bits per heavy atom. The summed E-state index contributed by atoms with van der Waals surface area (Å²) in [5, 5.41) is 0. The molecule has 0 bridgehead atoms. The van der Waals surface area contributed by atoms with Crippen molar-refractivity contribution in [1.82, 2.24) is 9.97 Å². The van der Waals surface area contributed by atoms with Crippen LogP contribution in [0.2, 0.25) is 0 Å². The van der Waals surface area contributed by atoms with Gasteiger partial charge in [0.2, 0.25) is 0 Å². The molecule has 0 aliphatic carbocycles. The lowest BCUT2D eigenvalue weighted by Gasteiger charge is -2.17. The summed E-state index contributed by atoms with van der Waals surface area (Å²) in [6.07, 6.45) is 3.29. The normalized spacial score (nSPS) is 10.1. The van der Waals surface area contributed by atoms with E-state index in [1.807, 2.05) is 37.4 Å². The third-order valence-corrected chi connectivity index (χ3v) is 2.36. The first-order valence-corrected chi connectivity index (χ1v) is 5.07. The van der Waals surface area contributed by atoms with E-state index in [2.05, 4.69) is 14.9 Å². The second kappa shape index (κ2) is 4.61. The fraction of sp³-hybridized carbons (Fsp3) is 0.167. The molecule has 0 unspecified atom stereocenters. The van der Waals surface area contributed by atoms with E-state index in [1.165, 1.54) is 5.56 Å². The summed E-state index contributed by atoms with van der Waals surface area (Å²) in [5.74, 6) is 0.909. The molecule has 0 aliphatic rings. The SMILES string of the molecule is CN(Cc1ccc(N)cc1)c1ccncn1. The number of nitrogen functional groups attached to an aromatic ring is 1. The topological polar surface area (TPSA) is 55.0 Å². The predicted molar refractivity (Wildman–Crippen MR) is 65.0 cm³/mol. The van der Waals surface area contributed by atoms with Gasteiger partial charge in [-0.3, -0.25) is 0 Å². The highest BCUT2D eigenvalue weighted by Crippen LogP contribution is 2.12. The number of nitrogens with zero attached hydrogens (tertiary/aromatic N) is 3. The molecule has 1 heterocycles. The van der Waals surface area contributed by atoms with Gasteiger partial charge in [0, 0.05) is 25.5 Å². The fourth-order valence-electron chi connectivity index (χ4n) is 1.49. The van der Waals surface area contributed by atoms with Gasteiger partial charge in [-0.25, -0.2) is 9.97 Å². The molecule has 0 amide bonds. The van der Waals surface area contributed by atoms with E-state index in [9.17, 15) is 0 Å². The summed E-state index contributed by atoms with van der Waals surface area (Å²) in [5.41, 5.74) is 7.62. The van der Waals surface area contributed by atoms with E-state index < -0.39 is 0 Å². The maximum atomic E-state index is 5.63. The highest BCUT2D eigenvalue weighted by molar-refractivity contribution is 5.42. The van der Waals surface area contributed by atoms with E-state index in [1.54, 1.807) is 12.5 Å². The molecule has 2 aromatic rings. The molecule has 4 heteroatoms. The molecule has 0 aliphatic heterocycles. The number of benzene rings is 1. The van der Waals surface area contributed by atoms with Crippen molar-refractivity contribution in [3.63, 3.8) is 0 Å². The molecule has 1 aromatic heterocycles. The van der Waals surface area contributed by atoms with Gasteiger partial charge in [-0.15, -0.1) is 0 Å². The summed E-state index contributed by atoms with van der Waals surface area (Å²) in [4.78, 5) is 10.1. The Labute approximate surface area is 94.8 Å². The third-order valence-electron chi connectivity index (χ3n) is 2.36. The monoisotopic (exact) mass is 214 g/mol. The van der Waals surface area contributed by atoms with Crippen LogP contribution < -0.4 is 10.6 Å². The van der Waals surface area contributed by atoms with Crippen molar-refractivity contribution in [2.45, 2.75) is 6.54 Å². The van der Waals surface area contributed by atoms with Crippen LogP contribution in [0.3, 0.4) is 0 Å². The summed E-state index contributed by atoms with van der Waals surface area (Å²) in [6, 6.07) is 9.74. The lowest BCUT2D eigenvalue weighted by molar-refractivity contribution is 0.891. The van der Waals surface area contributed by atoms with Gasteiger partial charge in [-0.1, -0.05) is 12.1 Å². The van der Waals surface area contributed by atoms with Crippen LogP contribution in [0, 0.1) is 0 Å². The Morgan fingerprint density at radius 3 is 2.56 bits per heavy atom. The van der Waals surface area contributed by atoms with Crippen LogP contribution in [0.15, 0.2) is 42.9 Å². The summed E-state index contributed by atoms with van der Waals surface area (Å²) >= 11 is 0. The number of hydrogen-bond donors (Lipinski definition) is 1. The Balaban J connectivity index is 2.08. The van der Waals surface area contributed by atoms with Crippen molar-refractivity contribution in [3.8, 4) is 0 Å². The van der Waals surface area contributed by atoms with Crippen molar-refractivity contribution in [1.29, 1.82) is 0 Å². The highest BCUT2D eigenvalue weighted by atomic mass is 15.2. The van der Waals surface area contributed by atoms with Crippen LogP contribution in [0.4, 0.5) is 11.5 Å². The first kappa shape index (κ1) is 10.4. The lowest BCUT2D eigenvalue weighted by atomic mass is 10.2. The first-order valence-electron chi connectivity index (χ1n) is 5.07. The molecule has 2 N–H and O–H groups in total. The molecule has 0 saturated heterocycles. The quantitative estimate of drug-likeness (QED) is 0.790. The predicted octanol–water partition coefficient (Wildman–Crippen LogP) is 1.70. The molecule has 2 rings (SSSR count). The standard InChI is InChI=1S/C12H14N4/c1-16(12-6-7-14-9-15-12)8-10-2-4-11(13)5-3-10/h2-7,9H,8,13H2,1H3. The van der Waals surface area contributed by atoms with Gasteiger partial charge in [0.25, 0.3) is 0 Å². The van der Waals surface area contributed by atoms with E-state index in [0.717, 1.165) is 18.1 Å². The van der Waals surface area contributed by atoms with Crippen LogP contribution >= 0.6 is 0 Å². The van der Waals surface area contributed by atoms with Crippen molar-refractivity contribution in [2.75, 3.05) is 17.7 Å². The Morgan fingerprint density at radius 2 is 1.94 bits per heavy atom. The molecule has 1 aromatic carbocycles. The number of hydrogen-bond acceptors (Lipinski definition) is 4. The van der Waals surface area contributed by atoms with Crippen LogP contribution in [0.1, 0.15) is 5.56 Å². The second-order valence-corrected chi connectivity index (χ2v) is 3.67. The second-order valence-electron chi connectivity index (χ2n) is 3.67. The Hall–Kier alpha value is -2.10. The zero-order valence-electron chi connectivity index (χ0n) is 9.17. The maximum absolute atomic E-state index is 5.63. The largest absolute Gasteiger partial charge is 0.399 e. The fourth-order valence-corrected chi connectivity index (χ4v) is 1.49. The summed E-state index contributed by atoms with van der Waals surface area (Å²) < 4.78 is 0. The summed E-state index contributed by atoms with van der Waals surface area (Å²) in [7, 11) is 2.00. The van der Waals surface area contributed by atoms with Gasteiger partial charge in [-0.05, 0) is 23.8 Å². The van der Waals surface area contributed by atoms with E-state index in [-0.39, 0.29) is 0 Å². The van der Waals surface area contributed by atoms with Crippen LogP contribution in [0.25, 0.3) is 0 Å². The molecule has 82 valence electrons. The van der Waals surface area contributed by atoms with Gasteiger partial charge in [0.15, 0.2) is 0 Å². The minimum atomic E-state index is 0.786. The van der Waals surface area contributed by atoms with Gasteiger partial charge < -0.3 is 10.6 Å². The van der Waals surface area contributed by atoms with E-state index >= 15 is 0 Å². The molecular formula is C12H14N4. The van der Waals surface area contributed by atoms with Gasteiger partial charge >= 0.3 is 0 Å². The third kappa shape index (κ3) is 2.48. The minimum Gasteiger partial charge on any atom is -0.399 e. The molecule has 16 heavy (non-hydrogen) atoms. The maximum Gasteiger partial charge on any atom is 0.131 e. The highest BCUT2D eigenvalue weighted by Gasteiger charge is 2.02. The first-order chi connectivity index (χ1) is 7.75. The van der Waals surface area contributed by atoms with Crippen molar-refractivity contribution in [3.05, 3.63) is 48.4 Å². The Bertz CT molecular complexity index is 438. The Kier molecular flexibility index (Phi) is 3.00. The smallest absolute Gasteiger partial charge is 0.131 e. The zero-order valence-corrected chi connectivity index (χ0v) is 9.17. The molecule has 0 radical (unpaired) electrons. The van der Waals surface area contributed by atoms with Crippen LogP contribution in [-0.4, -0.2) is 17.0 Å². The number of nitrogens with two attached hydrogens (primary N) is 1. The van der Waals surface area contributed by atoms with E-state index in [4.69, 9.17) is 5.73 Å². The molecule has 4 nitrogen and oxygen atoms in total. The zero-order chi connectivity index (χ0) is 11.4.